The van der Waals surface area contributed by atoms with Gasteiger partial charge in [0.15, 0.2) is 5.69 Å². The first-order valence-corrected chi connectivity index (χ1v) is 3.65. The van der Waals surface area contributed by atoms with Crippen LogP contribution in [0.4, 0.5) is 0 Å². The summed E-state index contributed by atoms with van der Waals surface area (Å²) in [4.78, 5) is 7.00. The lowest BCUT2D eigenvalue weighted by Crippen LogP contribution is -1.86. The van der Waals surface area contributed by atoms with Gasteiger partial charge < -0.3 is 4.98 Å². The topological polar surface area (TPSA) is 52.5 Å². The van der Waals surface area contributed by atoms with E-state index in [9.17, 15) is 0 Å². The fourth-order valence-corrected chi connectivity index (χ4v) is 1.27. The SMILES string of the molecule is Cc1cnc(C#N)c2[nH]ccc12. The summed E-state index contributed by atoms with van der Waals surface area (Å²) in [5, 5.41) is 9.78. The summed E-state index contributed by atoms with van der Waals surface area (Å²) in [6, 6.07) is 3.99. The van der Waals surface area contributed by atoms with Crippen molar-refractivity contribution in [2.75, 3.05) is 0 Å². The second-order valence-electron chi connectivity index (χ2n) is 2.67. The van der Waals surface area contributed by atoms with E-state index in [1.165, 1.54) is 0 Å². The number of nitriles is 1. The molecule has 0 saturated carbocycles. The smallest absolute Gasteiger partial charge is 0.164 e. The lowest BCUT2D eigenvalue weighted by Gasteiger charge is -1.95. The Morgan fingerprint density at radius 3 is 3.17 bits per heavy atom. The molecule has 0 atom stereocenters. The Morgan fingerprint density at radius 1 is 1.58 bits per heavy atom. The molecule has 0 bridgehead atoms. The molecular formula is C9H7N3. The fraction of sp³-hybridized carbons (Fsp3) is 0.111. The molecule has 3 nitrogen and oxygen atoms in total. The largest absolute Gasteiger partial charge is 0.359 e. The second kappa shape index (κ2) is 2.35. The molecule has 0 aliphatic carbocycles. The molecule has 1 N–H and O–H groups in total. The van der Waals surface area contributed by atoms with Crippen molar-refractivity contribution >= 4 is 10.9 Å². The summed E-state index contributed by atoms with van der Waals surface area (Å²) < 4.78 is 0. The van der Waals surface area contributed by atoms with Gasteiger partial charge in [0, 0.05) is 17.8 Å². The summed E-state index contributed by atoms with van der Waals surface area (Å²) in [5.41, 5.74) is 2.38. The Morgan fingerprint density at radius 2 is 2.42 bits per heavy atom. The predicted molar refractivity (Wildman–Crippen MR) is 45.5 cm³/mol. The van der Waals surface area contributed by atoms with Crippen LogP contribution in [-0.2, 0) is 0 Å². The second-order valence-corrected chi connectivity index (χ2v) is 2.67. The maximum Gasteiger partial charge on any atom is 0.164 e. The minimum Gasteiger partial charge on any atom is -0.359 e. The first-order valence-electron chi connectivity index (χ1n) is 3.65. The highest BCUT2D eigenvalue weighted by molar-refractivity contribution is 5.85. The minimum absolute atomic E-state index is 0.459. The average Bonchev–Trinajstić information content (AvgIpc) is 2.54. The van der Waals surface area contributed by atoms with E-state index >= 15 is 0 Å². The number of aromatic nitrogens is 2. The van der Waals surface area contributed by atoms with Gasteiger partial charge in [0.05, 0.1) is 5.52 Å². The third kappa shape index (κ3) is 0.785. The van der Waals surface area contributed by atoms with Crippen molar-refractivity contribution in [1.29, 1.82) is 5.26 Å². The molecule has 0 radical (unpaired) electrons. The van der Waals surface area contributed by atoms with Gasteiger partial charge in [-0.25, -0.2) is 4.98 Å². The lowest BCUT2D eigenvalue weighted by atomic mass is 10.2. The zero-order chi connectivity index (χ0) is 8.55. The van der Waals surface area contributed by atoms with Crippen LogP contribution in [0.15, 0.2) is 18.5 Å². The number of fused-ring (bicyclic) bond motifs is 1. The van der Waals surface area contributed by atoms with E-state index in [-0.39, 0.29) is 0 Å². The standard InChI is InChI=1S/C9H7N3/c1-6-5-12-8(4-10)9-7(6)2-3-11-9/h2-3,5,11H,1H3. The number of rotatable bonds is 0. The maximum atomic E-state index is 8.71. The number of hydrogen-bond donors (Lipinski definition) is 1. The van der Waals surface area contributed by atoms with Gasteiger partial charge in [0.2, 0.25) is 0 Å². The van der Waals surface area contributed by atoms with Crippen LogP contribution in [0.5, 0.6) is 0 Å². The average molecular weight is 157 g/mol. The Kier molecular flexibility index (Phi) is 1.34. The van der Waals surface area contributed by atoms with Gasteiger partial charge in [-0.3, -0.25) is 0 Å². The fourth-order valence-electron chi connectivity index (χ4n) is 1.27. The lowest BCUT2D eigenvalue weighted by molar-refractivity contribution is 1.25. The highest BCUT2D eigenvalue weighted by Gasteiger charge is 2.03. The Balaban J connectivity index is 2.94. The van der Waals surface area contributed by atoms with Crippen LogP contribution in [0.25, 0.3) is 10.9 Å². The van der Waals surface area contributed by atoms with Crippen molar-refractivity contribution in [3.63, 3.8) is 0 Å². The highest BCUT2D eigenvalue weighted by atomic mass is 14.8. The molecule has 0 amide bonds. The molecule has 2 aromatic rings. The molecule has 2 rings (SSSR count). The van der Waals surface area contributed by atoms with Gasteiger partial charge in [-0.05, 0) is 18.6 Å². The van der Waals surface area contributed by atoms with E-state index < -0.39 is 0 Å². The Bertz CT molecular complexity index is 462. The molecule has 0 fully saturated rings. The zero-order valence-electron chi connectivity index (χ0n) is 6.63. The van der Waals surface area contributed by atoms with Gasteiger partial charge in [0.1, 0.15) is 6.07 Å². The summed E-state index contributed by atoms with van der Waals surface area (Å²) >= 11 is 0. The molecule has 0 aliphatic heterocycles. The molecule has 0 aromatic carbocycles. The number of hydrogen-bond acceptors (Lipinski definition) is 2. The molecule has 3 heteroatoms. The molecule has 0 aliphatic rings. The number of aromatic amines is 1. The van der Waals surface area contributed by atoms with Crippen molar-refractivity contribution in [3.05, 3.63) is 29.7 Å². The molecule has 58 valence electrons. The van der Waals surface area contributed by atoms with Crippen LogP contribution in [0.1, 0.15) is 11.3 Å². The van der Waals surface area contributed by atoms with Crippen molar-refractivity contribution in [2.45, 2.75) is 6.92 Å². The Hall–Kier alpha value is -1.82. The van der Waals surface area contributed by atoms with Crippen LogP contribution in [0, 0.1) is 18.3 Å². The van der Waals surface area contributed by atoms with Crippen molar-refractivity contribution in [3.8, 4) is 6.07 Å². The van der Waals surface area contributed by atoms with E-state index in [0.717, 1.165) is 16.5 Å². The van der Waals surface area contributed by atoms with Gasteiger partial charge >= 0.3 is 0 Å². The van der Waals surface area contributed by atoms with E-state index in [1.807, 2.05) is 25.3 Å². The normalized spacial score (nSPS) is 10.0. The third-order valence-corrected chi connectivity index (χ3v) is 1.90. The van der Waals surface area contributed by atoms with Crippen molar-refractivity contribution < 1.29 is 0 Å². The van der Waals surface area contributed by atoms with Crippen LogP contribution in [-0.4, -0.2) is 9.97 Å². The van der Waals surface area contributed by atoms with Gasteiger partial charge in [-0.2, -0.15) is 5.26 Å². The first-order chi connectivity index (χ1) is 5.83. The molecule has 12 heavy (non-hydrogen) atoms. The number of aryl methyl sites for hydroxylation is 1. The molecule has 2 aromatic heterocycles. The summed E-state index contributed by atoms with van der Waals surface area (Å²) in [7, 11) is 0. The van der Waals surface area contributed by atoms with Gasteiger partial charge in [-0.1, -0.05) is 0 Å². The van der Waals surface area contributed by atoms with Crippen LogP contribution in [0.2, 0.25) is 0 Å². The number of nitrogens with zero attached hydrogens (tertiary/aromatic N) is 2. The Labute approximate surface area is 69.7 Å². The van der Waals surface area contributed by atoms with Crippen LogP contribution < -0.4 is 0 Å². The zero-order valence-corrected chi connectivity index (χ0v) is 6.63. The summed E-state index contributed by atoms with van der Waals surface area (Å²) in [6.07, 6.45) is 3.54. The van der Waals surface area contributed by atoms with Crippen molar-refractivity contribution in [1.82, 2.24) is 9.97 Å². The van der Waals surface area contributed by atoms with Gasteiger partial charge in [0.25, 0.3) is 0 Å². The van der Waals surface area contributed by atoms with Crippen LogP contribution in [0.3, 0.4) is 0 Å². The van der Waals surface area contributed by atoms with E-state index in [2.05, 4.69) is 9.97 Å². The minimum atomic E-state index is 0.459. The molecule has 0 unspecified atom stereocenters. The van der Waals surface area contributed by atoms with Crippen molar-refractivity contribution in [2.24, 2.45) is 0 Å². The summed E-state index contributed by atoms with van der Waals surface area (Å²) in [5.74, 6) is 0. The quantitative estimate of drug-likeness (QED) is 0.633. The molecule has 0 saturated heterocycles. The monoisotopic (exact) mass is 157 g/mol. The molecule has 0 spiro atoms. The molecular weight excluding hydrogens is 150 g/mol. The number of H-pyrrole nitrogens is 1. The van der Waals surface area contributed by atoms with Gasteiger partial charge in [-0.15, -0.1) is 0 Å². The first kappa shape index (κ1) is 6.86. The number of nitrogens with one attached hydrogen (secondary N) is 1. The summed E-state index contributed by atoms with van der Waals surface area (Å²) in [6.45, 7) is 1.98. The van der Waals surface area contributed by atoms with E-state index in [4.69, 9.17) is 5.26 Å². The van der Waals surface area contributed by atoms with Crippen LogP contribution >= 0.6 is 0 Å². The predicted octanol–water partition coefficient (Wildman–Crippen LogP) is 1.74. The third-order valence-electron chi connectivity index (χ3n) is 1.90. The van der Waals surface area contributed by atoms with E-state index in [0.29, 0.717) is 5.69 Å². The highest BCUT2D eigenvalue weighted by Crippen LogP contribution is 2.17. The van der Waals surface area contributed by atoms with E-state index in [1.54, 1.807) is 6.20 Å². The molecule has 2 heterocycles. The number of pyridine rings is 1. The maximum absolute atomic E-state index is 8.71.